The summed E-state index contributed by atoms with van der Waals surface area (Å²) in [7, 11) is 0. The molecule has 0 unspecified atom stereocenters. The number of hydrogen-bond acceptors (Lipinski definition) is 5. The van der Waals surface area contributed by atoms with Crippen LogP contribution in [-0.2, 0) is 14.3 Å². The van der Waals surface area contributed by atoms with Crippen molar-refractivity contribution in [3.05, 3.63) is 60.2 Å². The van der Waals surface area contributed by atoms with E-state index in [9.17, 15) is 19.2 Å². The van der Waals surface area contributed by atoms with Gasteiger partial charge in [-0.3, -0.25) is 14.4 Å². The summed E-state index contributed by atoms with van der Waals surface area (Å²) in [5, 5.41) is 7.90. The van der Waals surface area contributed by atoms with E-state index in [-0.39, 0.29) is 24.7 Å². The zero-order valence-corrected chi connectivity index (χ0v) is 16.8. The van der Waals surface area contributed by atoms with Gasteiger partial charge in [-0.25, -0.2) is 4.79 Å². The number of benzene rings is 2. The summed E-state index contributed by atoms with van der Waals surface area (Å²) in [6.45, 7) is 1.60. The average molecular weight is 411 g/mol. The molecule has 2 aromatic rings. The number of nitrogens with one attached hydrogen (secondary N) is 3. The van der Waals surface area contributed by atoms with Gasteiger partial charge in [0.15, 0.2) is 12.4 Å². The third-order valence-corrected chi connectivity index (χ3v) is 3.98. The molecule has 8 heteroatoms. The molecule has 158 valence electrons. The molecule has 0 atom stereocenters. The number of anilines is 2. The van der Waals surface area contributed by atoms with Crippen LogP contribution >= 0.6 is 0 Å². The molecule has 0 aliphatic carbocycles. The lowest BCUT2D eigenvalue weighted by molar-refractivity contribution is -0.142. The van der Waals surface area contributed by atoms with Crippen molar-refractivity contribution >= 4 is 35.1 Å². The SMILES string of the molecule is CCCC(=O)Nc1ccc(C(=O)COC(=O)CCNC(=O)Nc2ccccc2)cc1. The molecule has 3 amide bonds. The summed E-state index contributed by atoms with van der Waals surface area (Å²) in [6.07, 6.45) is 1.12. The van der Waals surface area contributed by atoms with Gasteiger partial charge in [0.1, 0.15) is 0 Å². The Labute approximate surface area is 175 Å². The second-order valence-electron chi connectivity index (χ2n) is 6.46. The van der Waals surface area contributed by atoms with Crippen molar-refractivity contribution in [1.82, 2.24) is 5.32 Å². The van der Waals surface area contributed by atoms with Crippen molar-refractivity contribution in [2.24, 2.45) is 0 Å². The van der Waals surface area contributed by atoms with Gasteiger partial charge in [-0.1, -0.05) is 25.1 Å². The molecule has 0 bridgehead atoms. The van der Waals surface area contributed by atoms with Crippen LogP contribution < -0.4 is 16.0 Å². The number of Topliss-reactive ketones (excluding diaryl/α,β-unsaturated/α-hetero) is 1. The van der Waals surface area contributed by atoms with Gasteiger partial charge >= 0.3 is 12.0 Å². The van der Waals surface area contributed by atoms with Gasteiger partial charge in [-0.15, -0.1) is 0 Å². The Morgan fingerprint density at radius 2 is 1.50 bits per heavy atom. The number of carbonyl (C=O) groups excluding carboxylic acids is 4. The molecule has 0 aromatic heterocycles. The van der Waals surface area contributed by atoms with Gasteiger partial charge in [0.05, 0.1) is 6.42 Å². The number of rotatable bonds is 10. The summed E-state index contributed by atoms with van der Waals surface area (Å²) in [5.41, 5.74) is 1.61. The molecule has 0 spiro atoms. The van der Waals surface area contributed by atoms with Crippen LogP contribution in [0, 0.1) is 0 Å². The fourth-order valence-electron chi connectivity index (χ4n) is 2.47. The van der Waals surface area contributed by atoms with E-state index in [1.54, 1.807) is 48.5 Å². The number of ketones is 1. The first-order valence-corrected chi connectivity index (χ1v) is 9.66. The fourth-order valence-corrected chi connectivity index (χ4v) is 2.47. The van der Waals surface area contributed by atoms with Crippen LogP contribution in [0.2, 0.25) is 0 Å². The molecule has 3 N–H and O–H groups in total. The molecule has 8 nitrogen and oxygen atoms in total. The summed E-state index contributed by atoms with van der Waals surface area (Å²) in [5.74, 6) is -1.03. The van der Waals surface area contributed by atoms with Crippen LogP contribution in [0.4, 0.5) is 16.2 Å². The average Bonchev–Trinajstić information content (AvgIpc) is 2.73. The largest absolute Gasteiger partial charge is 0.457 e. The maximum absolute atomic E-state index is 12.1. The molecule has 0 radical (unpaired) electrons. The third kappa shape index (κ3) is 8.14. The van der Waals surface area contributed by atoms with Crippen LogP contribution in [0.1, 0.15) is 36.5 Å². The van der Waals surface area contributed by atoms with Crippen molar-refractivity contribution < 1.29 is 23.9 Å². The zero-order valence-electron chi connectivity index (χ0n) is 16.8. The minimum absolute atomic E-state index is 0.0577. The highest BCUT2D eigenvalue weighted by Crippen LogP contribution is 2.11. The molecule has 0 aliphatic heterocycles. The first-order valence-electron chi connectivity index (χ1n) is 9.66. The summed E-state index contributed by atoms with van der Waals surface area (Å²) < 4.78 is 4.96. The molecule has 2 rings (SSSR count). The number of ether oxygens (including phenoxy) is 1. The molecule has 0 heterocycles. The van der Waals surface area contributed by atoms with Gasteiger partial charge in [0.25, 0.3) is 0 Å². The Bertz CT molecular complexity index is 866. The van der Waals surface area contributed by atoms with Crippen LogP contribution in [-0.4, -0.2) is 36.8 Å². The number of esters is 1. The van der Waals surface area contributed by atoms with Crippen molar-refractivity contribution in [3.8, 4) is 0 Å². The lowest BCUT2D eigenvalue weighted by atomic mass is 10.1. The predicted octanol–water partition coefficient (Wildman–Crippen LogP) is 3.36. The molecule has 0 saturated carbocycles. The summed E-state index contributed by atoms with van der Waals surface area (Å²) >= 11 is 0. The highest BCUT2D eigenvalue weighted by Gasteiger charge is 2.11. The highest BCUT2D eigenvalue weighted by atomic mass is 16.5. The van der Waals surface area contributed by atoms with Gasteiger partial charge < -0.3 is 20.7 Å². The molecule has 0 saturated heterocycles. The van der Waals surface area contributed by atoms with Crippen LogP contribution in [0.3, 0.4) is 0 Å². The maximum Gasteiger partial charge on any atom is 0.319 e. The number of hydrogen-bond donors (Lipinski definition) is 3. The number of para-hydroxylation sites is 1. The molecule has 0 aliphatic rings. The van der Waals surface area contributed by atoms with E-state index in [1.807, 2.05) is 13.0 Å². The third-order valence-electron chi connectivity index (χ3n) is 3.98. The fraction of sp³-hybridized carbons (Fsp3) is 0.273. The quantitative estimate of drug-likeness (QED) is 0.410. The Morgan fingerprint density at radius 3 is 2.17 bits per heavy atom. The normalized spacial score (nSPS) is 10.0. The Balaban J connectivity index is 1.67. The summed E-state index contributed by atoms with van der Waals surface area (Å²) in [6, 6.07) is 14.8. The zero-order chi connectivity index (χ0) is 21.8. The second kappa shape index (κ2) is 12.0. The van der Waals surface area contributed by atoms with Crippen molar-refractivity contribution in [3.63, 3.8) is 0 Å². The lowest BCUT2D eigenvalue weighted by Crippen LogP contribution is -2.31. The van der Waals surface area contributed by atoms with Gasteiger partial charge in [-0.05, 0) is 42.8 Å². The van der Waals surface area contributed by atoms with E-state index in [1.165, 1.54) is 0 Å². The van der Waals surface area contributed by atoms with Crippen molar-refractivity contribution in [2.75, 3.05) is 23.8 Å². The predicted molar refractivity (Wildman–Crippen MR) is 113 cm³/mol. The number of amides is 3. The molecular weight excluding hydrogens is 386 g/mol. The smallest absolute Gasteiger partial charge is 0.319 e. The minimum Gasteiger partial charge on any atom is -0.457 e. The second-order valence-corrected chi connectivity index (χ2v) is 6.46. The molecule has 30 heavy (non-hydrogen) atoms. The van der Waals surface area contributed by atoms with E-state index in [4.69, 9.17) is 4.74 Å². The van der Waals surface area contributed by atoms with Crippen molar-refractivity contribution in [1.29, 1.82) is 0 Å². The Hall–Kier alpha value is -3.68. The van der Waals surface area contributed by atoms with Crippen LogP contribution in [0.25, 0.3) is 0 Å². The first-order chi connectivity index (χ1) is 14.5. The number of carbonyl (C=O) groups is 4. The van der Waals surface area contributed by atoms with Crippen LogP contribution in [0.15, 0.2) is 54.6 Å². The molecule has 2 aromatic carbocycles. The highest BCUT2D eigenvalue weighted by molar-refractivity contribution is 5.99. The minimum atomic E-state index is -0.591. The van der Waals surface area contributed by atoms with E-state index in [2.05, 4.69) is 16.0 Å². The number of urea groups is 1. The lowest BCUT2D eigenvalue weighted by Gasteiger charge is -2.08. The van der Waals surface area contributed by atoms with E-state index in [0.29, 0.717) is 23.4 Å². The summed E-state index contributed by atoms with van der Waals surface area (Å²) in [4.78, 5) is 47.2. The van der Waals surface area contributed by atoms with Gasteiger partial charge in [0.2, 0.25) is 5.91 Å². The van der Waals surface area contributed by atoms with Gasteiger partial charge in [-0.2, -0.15) is 0 Å². The monoisotopic (exact) mass is 411 g/mol. The van der Waals surface area contributed by atoms with Crippen molar-refractivity contribution in [2.45, 2.75) is 26.2 Å². The van der Waals surface area contributed by atoms with E-state index < -0.39 is 18.6 Å². The standard InChI is InChI=1S/C22H25N3O5/c1-2-6-20(27)24-18-11-9-16(10-12-18)19(26)15-30-21(28)13-14-23-22(29)25-17-7-4-3-5-8-17/h3-5,7-12H,2,6,13-15H2,1H3,(H,24,27)(H2,23,25,29). The maximum atomic E-state index is 12.1. The molecular formula is C22H25N3O5. The topological polar surface area (TPSA) is 114 Å². The first kappa shape index (κ1) is 22.6. The molecule has 0 fully saturated rings. The van der Waals surface area contributed by atoms with E-state index in [0.717, 1.165) is 6.42 Å². The van der Waals surface area contributed by atoms with Gasteiger partial charge in [0, 0.05) is 29.9 Å². The van der Waals surface area contributed by atoms with Crippen LogP contribution in [0.5, 0.6) is 0 Å². The Morgan fingerprint density at radius 1 is 0.833 bits per heavy atom. The Kier molecular flexibility index (Phi) is 9.05. The van der Waals surface area contributed by atoms with E-state index >= 15 is 0 Å².